The van der Waals surface area contributed by atoms with Crippen LogP contribution in [0.25, 0.3) is 22.5 Å². The van der Waals surface area contributed by atoms with Crippen molar-refractivity contribution in [2.24, 2.45) is 0 Å². The molecule has 2 fully saturated rings. The van der Waals surface area contributed by atoms with Crippen molar-refractivity contribution in [3.63, 3.8) is 0 Å². The average molecular weight is 1100 g/mol. The first-order valence-corrected chi connectivity index (χ1v) is 27.0. The molecule has 370 valence electrons. The lowest BCUT2D eigenvalue weighted by molar-refractivity contribution is -0.139. The fourth-order valence-electron chi connectivity index (χ4n) is 8.89. The number of thiazole rings is 2. The van der Waals surface area contributed by atoms with Gasteiger partial charge in [0.1, 0.15) is 18.0 Å². The molecular formula is C53H72Br2N6O5S2. The number of aryl methyl sites for hydroxylation is 1. The minimum Gasteiger partial charge on any atom is -0.507 e. The number of halogens is 2. The number of hydrogen-bond donors (Lipinski definition) is 3. The molecule has 0 bridgehead atoms. The predicted octanol–water partition coefficient (Wildman–Crippen LogP) is 12.8. The lowest BCUT2D eigenvalue weighted by atomic mass is 9.78. The van der Waals surface area contributed by atoms with Crippen LogP contribution in [0, 0.1) is 6.92 Å². The molecule has 3 N–H and O–H groups in total. The summed E-state index contributed by atoms with van der Waals surface area (Å²) in [6.45, 7) is 31.1. The van der Waals surface area contributed by atoms with Crippen molar-refractivity contribution in [1.82, 2.24) is 30.0 Å². The Labute approximate surface area is 429 Å². The van der Waals surface area contributed by atoms with Gasteiger partial charge in [0.2, 0.25) is 5.91 Å². The van der Waals surface area contributed by atoms with Crippen molar-refractivity contribution in [1.29, 1.82) is 0 Å². The van der Waals surface area contributed by atoms with Gasteiger partial charge in [0, 0.05) is 64.0 Å². The SMILES string of the molecule is CC(C)(C)c1cc(-c2nc(C3CCNCC3)sc2Br)cc(C(C)(C)C)c1O.COC(=O)Cc1cc(C)n(CC(=O)N2CCC(c3nc(-c4cc(C(C)(C)C)c(O)c(C(C)(C)C)c4)c(Br)s3)CC2)n1. The number of aromatic hydroxyl groups is 2. The Hall–Kier alpha value is -3.63. The van der Waals surface area contributed by atoms with Crippen molar-refractivity contribution < 1.29 is 24.5 Å². The van der Waals surface area contributed by atoms with Gasteiger partial charge in [-0.3, -0.25) is 14.3 Å². The van der Waals surface area contributed by atoms with Crippen LogP contribution in [-0.2, 0) is 49.0 Å². The number of amides is 1. The van der Waals surface area contributed by atoms with Crippen molar-refractivity contribution in [3.05, 3.63) is 81.6 Å². The summed E-state index contributed by atoms with van der Waals surface area (Å²) >= 11 is 11.0. The number of rotatable bonds is 8. The largest absolute Gasteiger partial charge is 0.507 e. The van der Waals surface area contributed by atoms with Crippen molar-refractivity contribution in [3.8, 4) is 34.0 Å². The zero-order valence-electron chi connectivity index (χ0n) is 42.5. The molecule has 0 saturated carbocycles. The minimum absolute atomic E-state index is 0.0220. The molecule has 0 unspecified atom stereocenters. The van der Waals surface area contributed by atoms with Crippen molar-refractivity contribution >= 4 is 66.4 Å². The molecule has 2 aliphatic rings. The standard InChI is InChI=1S/C31H41BrN4O4S.C22H31BrN2OS/c1-18-13-21(16-25(38)40-8)34-36(18)17-24(37)35-11-9-19(10-12-35)29-33-26(28(32)41-29)20-14-22(30(2,3)4)27(39)23(15-20)31(5,6)7;1-21(2,3)15-11-14(12-16(18(15)26)22(4,5)6)17-19(23)27-20(25-17)13-7-9-24-10-8-13/h13-15,19,39H,9-12,16-17H2,1-8H3;11-13,24,26H,7-10H2,1-6H3. The number of phenols is 2. The molecule has 5 heterocycles. The number of carbonyl (C=O) groups excluding carboxylic acids is 2. The molecule has 11 nitrogen and oxygen atoms in total. The summed E-state index contributed by atoms with van der Waals surface area (Å²) in [5.41, 5.74) is 8.51. The summed E-state index contributed by atoms with van der Waals surface area (Å²) in [5, 5.41) is 32.3. The number of hydrogen-bond acceptors (Lipinski definition) is 11. The number of nitrogens with zero attached hydrogens (tertiary/aromatic N) is 5. The Morgan fingerprint density at radius 2 is 1.09 bits per heavy atom. The van der Waals surface area contributed by atoms with Crippen LogP contribution in [0.5, 0.6) is 11.5 Å². The zero-order chi connectivity index (χ0) is 50.3. The zero-order valence-corrected chi connectivity index (χ0v) is 47.3. The van der Waals surface area contributed by atoms with Crippen LogP contribution in [0.1, 0.15) is 164 Å². The van der Waals surface area contributed by atoms with Crippen molar-refractivity contribution in [2.75, 3.05) is 33.3 Å². The molecule has 0 aliphatic carbocycles. The lowest BCUT2D eigenvalue weighted by Gasteiger charge is -2.31. The number of esters is 1. The molecule has 68 heavy (non-hydrogen) atoms. The first kappa shape index (κ1) is 53.7. The van der Waals surface area contributed by atoms with Gasteiger partial charge in [-0.05, 0) is 130 Å². The number of aromatic nitrogens is 4. The highest BCUT2D eigenvalue weighted by Crippen LogP contribution is 2.47. The Bertz CT molecular complexity index is 2540. The van der Waals surface area contributed by atoms with E-state index in [4.69, 9.17) is 14.7 Å². The van der Waals surface area contributed by atoms with E-state index in [0.717, 1.165) is 102 Å². The van der Waals surface area contributed by atoms with Crippen LogP contribution >= 0.6 is 54.5 Å². The summed E-state index contributed by atoms with van der Waals surface area (Å²) in [7, 11) is 1.35. The molecular weight excluding hydrogens is 1020 g/mol. The average Bonchev–Trinajstić information content (AvgIpc) is 3.94. The van der Waals surface area contributed by atoms with Gasteiger partial charge in [-0.25, -0.2) is 9.97 Å². The van der Waals surface area contributed by atoms with E-state index in [1.54, 1.807) is 27.4 Å². The maximum absolute atomic E-state index is 13.1. The number of benzene rings is 2. The molecule has 7 rings (SSSR count). The third kappa shape index (κ3) is 12.6. The third-order valence-electron chi connectivity index (χ3n) is 13.0. The van der Waals surface area contributed by atoms with E-state index in [9.17, 15) is 19.8 Å². The molecule has 5 aromatic rings. The van der Waals surface area contributed by atoms with Crippen LogP contribution in [0.2, 0.25) is 0 Å². The van der Waals surface area contributed by atoms with E-state index in [2.05, 4.69) is 150 Å². The van der Waals surface area contributed by atoms with E-state index in [1.807, 2.05) is 17.9 Å². The van der Waals surface area contributed by atoms with E-state index >= 15 is 0 Å². The molecule has 1 amide bonds. The minimum atomic E-state index is -0.352. The van der Waals surface area contributed by atoms with Gasteiger partial charge < -0.3 is 25.2 Å². The van der Waals surface area contributed by atoms with Gasteiger partial charge in [-0.1, -0.05) is 83.1 Å². The number of nitrogens with one attached hydrogen (secondary N) is 1. The second kappa shape index (κ2) is 21.0. The highest BCUT2D eigenvalue weighted by Gasteiger charge is 2.32. The van der Waals surface area contributed by atoms with Crippen LogP contribution in [-0.4, -0.2) is 80.0 Å². The fourth-order valence-corrected chi connectivity index (χ4v) is 12.5. The lowest BCUT2D eigenvalue weighted by Crippen LogP contribution is -2.40. The maximum atomic E-state index is 13.1. The van der Waals surface area contributed by atoms with Gasteiger partial charge in [-0.15, -0.1) is 22.7 Å². The maximum Gasteiger partial charge on any atom is 0.311 e. The molecule has 0 atom stereocenters. The predicted molar refractivity (Wildman–Crippen MR) is 285 cm³/mol. The number of ether oxygens (including phenoxy) is 1. The van der Waals surface area contributed by atoms with Gasteiger partial charge in [-0.2, -0.15) is 5.10 Å². The molecule has 2 saturated heterocycles. The van der Waals surface area contributed by atoms with Gasteiger partial charge in [0.15, 0.2) is 0 Å². The fraction of sp³-hybridized carbons (Fsp3) is 0.566. The third-order valence-corrected chi connectivity index (χ3v) is 16.7. The molecule has 2 aliphatic heterocycles. The molecule has 2 aromatic carbocycles. The van der Waals surface area contributed by atoms with E-state index in [1.165, 1.54) is 12.1 Å². The Balaban J connectivity index is 0.000000244. The van der Waals surface area contributed by atoms with E-state index in [0.29, 0.717) is 36.2 Å². The monoisotopic (exact) mass is 1090 g/mol. The highest BCUT2D eigenvalue weighted by atomic mass is 79.9. The summed E-state index contributed by atoms with van der Waals surface area (Å²) in [6.07, 6.45) is 4.07. The number of likely N-dealkylation sites (tertiary alicyclic amines) is 1. The van der Waals surface area contributed by atoms with Crippen LogP contribution < -0.4 is 5.32 Å². The Kier molecular flexibility index (Phi) is 16.6. The molecule has 0 spiro atoms. The number of phenolic OH excluding ortho intramolecular Hbond substituents is 2. The van der Waals surface area contributed by atoms with Crippen molar-refractivity contribution in [2.45, 2.75) is 162 Å². The number of piperidine rings is 2. The summed E-state index contributed by atoms with van der Waals surface area (Å²) in [5.74, 6) is 1.27. The number of methoxy groups -OCH3 is 1. The van der Waals surface area contributed by atoms with Crippen LogP contribution in [0.3, 0.4) is 0 Å². The van der Waals surface area contributed by atoms with Gasteiger partial charge >= 0.3 is 5.97 Å². The summed E-state index contributed by atoms with van der Waals surface area (Å²) in [4.78, 5) is 36.7. The Morgan fingerprint density at radius 3 is 1.47 bits per heavy atom. The number of carbonyl (C=O) groups is 2. The molecule has 3 aromatic heterocycles. The summed E-state index contributed by atoms with van der Waals surface area (Å²) in [6, 6.07) is 10.2. The molecule has 0 radical (unpaired) electrons. The highest BCUT2D eigenvalue weighted by molar-refractivity contribution is 9.11. The van der Waals surface area contributed by atoms with Gasteiger partial charge in [0.25, 0.3) is 0 Å². The summed E-state index contributed by atoms with van der Waals surface area (Å²) < 4.78 is 8.44. The van der Waals surface area contributed by atoms with Crippen LogP contribution in [0.15, 0.2) is 37.9 Å². The first-order chi connectivity index (χ1) is 31.6. The van der Waals surface area contributed by atoms with E-state index in [-0.39, 0.29) is 52.4 Å². The smallest absolute Gasteiger partial charge is 0.311 e. The Morgan fingerprint density at radius 1 is 0.691 bits per heavy atom. The normalized spacial score (nSPS) is 15.6. The van der Waals surface area contributed by atoms with E-state index < -0.39 is 0 Å². The topological polar surface area (TPSA) is 143 Å². The molecule has 15 heteroatoms. The second-order valence-electron chi connectivity index (χ2n) is 22.6. The van der Waals surface area contributed by atoms with Crippen LogP contribution in [0.4, 0.5) is 0 Å². The quantitative estimate of drug-likeness (QED) is 0.129. The first-order valence-electron chi connectivity index (χ1n) is 23.7. The van der Waals surface area contributed by atoms with Gasteiger partial charge in [0.05, 0.1) is 48.2 Å². The second-order valence-corrected chi connectivity index (χ2v) is 27.3.